The molecule has 6 nitrogen and oxygen atoms in total. The largest absolute Gasteiger partial charge is 0.486 e. The molecule has 2 aromatic heterocycles. The molecule has 4 rings (SSSR count). The molecular formula is C19H20N4O2. The van der Waals surface area contributed by atoms with Gasteiger partial charge in [0.25, 0.3) is 0 Å². The van der Waals surface area contributed by atoms with Crippen molar-refractivity contribution in [3.63, 3.8) is 0 Å². The fraction of sp³-hybridized carbons (Fsp3) is 0.316. The number of hydrogen-bond acceptors (Lipinski definition) is 6. The van der Waals surface area contributed by atoms with Gasteiger partial charge >= 0.3 is 0 Å². The summed E-state index contributed by atoms with van der Waals surface area (Å²) in [6.45, 7) is 4.22. The highest BCUT2D eigenvalue weighted by Gasteiger charge is 2.24. The smallest absolute Gasteiger partial charge is 0.161 e. The minimum atomic E-state index is -0.0600. The van der Waals surface area contributed by atoms with Crippen molar-refractivity contribution >= 4 is 16.9 Å². The van der Waals surface area contributed by atoms with E-state index in [-0.39, 0.29) is 6.10 Å². The zero-order valence-electron chi connectivity index (χ0n) is 14.1. The molecule has 25 heavy (non-hydrogen) atoms. The standard InChI is InChI=1S/C19H20N4O2/c1-2-10-23(19-18-15(21-13-22-19)6-5-9-20-18)11-14-12-24-16-7-3-4-8-17(16)25-14/h3-9,13-14H,2,10-12H2,1H3. The molecule has 128 valence electrons. The number of hydrogen-bond donors (Lipinski definition) is 0. The summed E-state index contributed by atoms with van der Waals surface area (Å²) in [5, 5.41) is 0. The quantitative estimate of drug-likeness (QED) is 0.713. The number of anilines is 1. The van der Waals surface area contributed by atoms with Gasteiger partial charge in [0, 0.05) is 12.7 Å². The van der Waals surface area contributed by atoms with E-state index >= 15 is 0 Å². The van der Waals surface area contributed by atoms with Gasteiger partial charge in [-0.25, -0.2) is 9.97 Å². The summed E-state index contributed by atoms with van der Waals surface area (Å²) in [5.41, 5.74) is 1.66. The summed E-state index contributed by atoms with van der Waals surface area (Å²) >= 11 is 0. The molecule has 0 fully saturated rings. The summed E-state index contributed by atoms with van der Waals surface area (Å²) in [7, 11) is 0. The second-order valence-corrected chi connectivity index (χ2v) is 6.01. The van der Waals surface area contributed by atoms with Crippen LogP contribution in [0.25, 0.3) is 11.0 Å². The lowest BCUT2D eigenvalue weighted by Gasteiger charge is -2.32. The molecule has 1 aliphatic heterocycles. The molecule has 3 heterocycles. The van der Waals surface area contributed by atoms with Gasteiger partial charge in [0.2, 0.25) is 0 Å². The van der Waals surface area contributed by atoms with Gasteiger partial charge in [0.1, 0.15) is 18.5 Å². The van der Waals surface area contributed by atoms with Crippen LogP contribution in [-0.2, 0) is 0 Å². The molecule has 0 radical (unpaired) electrons. The lowest BCUT2D eigenvalue weighted by Crippen LogP contribution is -2.42. The van der Waals surface area contributed by atoms with Crippen LogP contribution in [0.3, 0.4) is 0 Å². The maximum Gasteiger partial charge on any atom is 0.161 e. The molecule has 0 N–H and O–H groups in total. The van der Waals surface area contributed by atoms with Gasteiger partial charge in [0.05, 0.1) is 12.1 Å². The number of nitrogens with zero attached hydrogens (tertiary/aromatic N) is 4. The molecule has 0 saturated heterocycles. The summed E-state index contributed by atoms with van der Waals surface area (Å²) in [6.07, 6.45) is 4.31. The van der Waals surface area contributed by atoms with Gasteiger partial charge in [-0.1, -0.05) is 19.1 Å². The number of aromatic nitrogens is 3. The van der Waals surface area contributed by atoms with Crippen molar-refractivity contribution in [2.45, 2.75) is 19.4 Å². The van der Waals surface area contributed by atoms with Crippen LogP contribution < -0.4 is 14.4 Å². The second-order valence-electron chi connectivity index (χ2n) is 6.01. The molecule has 1 unspecified atom stereocenters. The topological polar surface area (TPSA) is 60.4 Å². The van der Waals surface area contributed by atoms with Crippen molar-refractivity contribution < 1.29 is 9.47 Å². The molecule has 0 saturated carbocycles. The van der Waals surface area contributed by atoms with Crippen molar-refractivity contribution in [3.8, 4) is 11.5 Å². The minimum absolute atomic E-state index is 0.0600. The van der Waals surface area contributed by atoms with Crippen LogP contribution in [0.15, 0.2) is 48.9 Å². The zero-order valence-corrected chi connectivity index (χ0v) is 14.1. The first kappa shape index (κ1) is 15.6. The predicted octanol–water partition coefficient (Wildman–Crippen LogP) is 3.08. The molecule has 1 aromatic carbocycles. The Balaban J connectivity index is 1.60. The SMILES string of the molecule is CCCN(CC1COc2ccccc2O1)c1ncnc2cccnc12. The Morgan fingerprint density at radius 3 is 2.84 bits per heavy atom. The Morgan fingerprint density at radius 2 is 1.96 bits per heavy atom. The van der Waals surface area contributed by atoms with Gasteiger partial charge in [-0.05, 0) is 30.7 Å². The van der Waals surface area contributed by atoms with Gasteiger partial charge in [0.15, 0.2) is 23.4 Å². The highest BCUT2D eigenvalue weighted by molar-refractivity contribution is 5.85. The highest BCUT2D eigenvalue weighted by atomic mass is 16.6. The fourth-order valence-electron chi connectivity index (χ4n) is 3.06. The minimum Gasteiger partial charge on any atom is -0.486 e. The average molecular weight is 336 g/mol. The van der Waals surface area contributed by atoms with Crippen LogP contribution in [-0.4, -0.2) is 40.8 Å². The third-order valence-corrected chi connectivity index (χ3v) is 4.16. The summed E-state index contributed by atoms with van der Waals surface area (Å²) < 4.78 is 12.0. The molecule has 1 aliphatic rings. The van der Waals surface area contributed by atoms with Crippen LogP contribution in [0.5, 0.6) is 11.5 Å². The van der Waals surface area contributed by atoms with Crippen LogP contribution in [0.4, 0.5) is 5.82 Å². The molecule has 0 amide bonds. The van der Waals surface area contributed by atoms with Crippen molar-refractivity contribution in [2.24, 2.45) is 0 Å². The number of pyridine rings is 1. The zero-order chi connectivity index (χ0) is 17.1. The molecule has 1 atom stereocenters. The van der Waals surface area contributed by atoms with Gasteiger partial charge in [-0.2, -0.15) is 0 Å². The van der Waals surface area contributed by atoms with E-state index in [4.69, 9.17) is 9.47 Å². The molecule has 6 heteroatoms. The lowest BCUT2D eigenvalue weighted by molar-refractivity contribution is 0.0951. The van der Waals surface area contributed by atoms with E-state index in [1.165, 1.54) is 0 Å². The Bertz CT molecular complexity index is 865. The number of benzene rings is 1. The van der Waals surface area contributed by atoms with E-state index in [1.807, 2.05) is 36.4 Å². The third-order valence-electron chi connectivity index (χ3n) is 4.16. The third kappa shape index (κ3) is 3.20. The molecular weight excluding hydrogens is 316 g/mol. The van der Waals surface area contributed by atoms with Crippen molar-refractivity contribution in [3.05, 3.63) is 48.9 Å². The average Bonchev–Trinajstić information content (AvgIpc) is 2.67. The summed E-state index contributed by atoms with van der Waals surface area (Å²) in [6, 6.07) is 11.6. The molecule has 0 bridgehead atoms. The Labute approximate surface area is 146 Å². The van der Waals surface area contributed by atoms with E-state index < -0.39 is 0 Å². The van der Waals surface area contributed by atoms with Gasteiger partial charge in [-0.3, -0.25) is 4.98 Å². The van der Waals surface area contributed by atoms with Crippen molar-refractivity contribution in [1.82, 2.24) is 15.0 Å². The van der Waals surface area contributed by atoms with Crippen molar-refractivity contribution in [2.75, 3.05) is 24.6 Å². The second kappa shape index (κ2) is 6.93. The van der Waals surface area contributed by atoms with E-state index in [1.54, 1.807) is 12.5 Å². The summed E-state index contributed by atoms with van der Waals surface area (Å²) in [4.78, 5) is 15.5. The van der Waals surface area contributed by atoms with Crippen LogP contribution in [0.2, 0.25) is 0 Å². The Hall–Kier alpha value is -2.89. The van der Waals surface area contributed by atoms with Gasteiger partial charge < -0.3 is 14.4 Å². The fourth-order valence-corrected chi connectivity index (χ4v) is 3.06. The Kier molecular flexibility index (Phi) is 4.33. The predicted molar refractivity (Wildman–Crippen MR) is 96.2 cm³/mol. The first-order chi connectivity index (χ1) is 12.3. The Morgan fingerprint density at radius 1 is 1.08 bits per heavy atom. The van der Waals surface area contributed by atoms with Crippen LogP contribution >= 0.6 is 0 Å². The number of fused-ring (bicyclic) bond motifs is 2. The van der Waals surface area contributed by atoms with Crippen molar-refractivity contribution in [1.29, 1.82) is 0 Å². The van der Waals surface area contributed by atoms with E-state index in [0.717, 1.165) is 41.3 Å². The normalized spacial score (nSPS) is 16.0. The highest BCUT2D eigenvalue weighted by Crippen LogP contribution is 2.31. The number of rotatable bonds is 5. The number of para-hydroxylation sites is 2. The van der Waals surface area contributed by atoms with Gasteiger partial charge in [-0.15, -0.1) is 0 Å². The first-order valence-corrected chi connectivity index (χ1v) is 8.54. The number of ether oxygens (including phenoxy) is 2. The molecule has 0 spiro atoms. The monoisotopic (exact) mass is 336 g/mol. The van der Waals surface area contributed by atoms with E-state index in [0.29, 0.717) is 13.2 Å². The molecule has 3 aromatic rings. The van der Waals surface area contributed by atoms with E-state index in [2.05, 4.69) is 26.8 Å². The van der Waals surface area contributed by atoms with Crippen LogP contribution in [0.1, 0.15) is 13.3 Å². The van der Waals surface area contributed by atoms with E-state index in [9.17, 15) is 0 Å². The summed E-state index contributed by atoms with van der Waals surface area (Å²) in [5.74, 6) is 2.44. The maximum absolute atomic E-state index is 6.11. The first-order valence-electron chi connectivity index (χ1n) is 8.54. The lowest BCUT2D eigenvalue weighted by atomic mass is 10.2. The molecule has 0 aliphatic carbocycles. The maximum atomic E-state index is 6.11. The van der Waals surface area contributed by atoms with Crippen LogP contribution in [0, 0.1) is 0 Å².